The average molecular weight is 302 g/mol. The van der Waals surface area contributed by atoms with E-state index in [1.165, 1.54) is 12.1 Å². The van der Waals surface area contributed by atoms with E-state index >= 15 is 0 Å². The Kier molecular flexibility index (Phi) is 6.33. The third-order valence-corrected chi connectivity index (χ3v) is 4.06. The number of amides is 1. The molecule has 0 aliphatic carbocycles. The number of nitrogens with one attached hydrogen (secondary N) is 1. The van der Waals surface area contributed by atoms with Crippen molar-refractivity contribution in [1.29, 1.82) is 0 Å². The summed E-state index contributed by atoms with van der Waals surface area (Å²) in [6, 6.07) is 6.35. The van der Waals surface area contributed by atoms with Crippen LogP contribution in [0.4, 0.5) is 0 Å². The maximum Gasteiger partial charge on any atom is 0.238 e. The molecule has 106 valence electrons. The van der Waals surface area contributed by atoms with Gasteiger partial charge in [-0.15, -0.1) is 0 Å². The van der Waals surface area contributed by atoms with Gasteiger partial charge in [0.2, 0.25) is 15.9 Å². The fourth-order valence-electron chi connectivity index (χ4n) is 1.48. The van der Waals surface area contributed by atoms with Crippen LogP contribution in [0, 0.1) is 0 Å². The molecule has 7 heteroatoms. The standard InChI is InChI=1S/C12H18N2O3S2/c1-18-9-7-12(15)14-8-6-10-2-4-11(5-3-10)19(13,16)17/h2-5H,6-9H2,1H3,(H,14,15)(H2,13,16,17). The molecule has 1 rings (SSSR count). The Labute approximate surface area is 118 Å². The summed E-state index contributed by atoms with van der Waals surface area (Å²) in [7, 11) is -3.64. The molecule has 5 nitrogen and oxygen atoms in total. The lowest BCUT2D eigenvalue weighted by molar-refractivity contribution is -0.120. The summed E-state index contributed by atoms with van der Waals surface area (Å²) in [5.41, 5.74) is 0.956. The molecule has 19 heavy (non-hydrogen) atoms. The molecule has 0 unspecified atom stereocenters. The Balaban J connectivity index is 2.40. The van der Waals surface area contributed by atoms with E-state index in [4.69, 9.17) is 5.14 Å². The highest BCUT2D eigenvalue weighted by Crippen LogP contribution is 2.08. The minimum absolute atomic E-state index is 0.0375. The molecule has 0 aliphatic rings. The summed E-state index contributed by atoms with van der Waals surface area (Å²) in [5, 5.41) is 7.82. The lowest BCUT2D eigenvalue weighted by Gasteiger charge is -2.05. The molecule has 0 bridgehead atoms. The summed E-state index contributed by atoms with van der Waals surface area (Å²) < 4.78 is 22.1. The monoisotopic (exact) mass is 302 g/mol. The number of nitrogens with two attached hydrogens (primary N) is 1. The van der Waals surface area contributed by atoms with E-state index in [9.17, 15) is 13.2 Å². The molecule has 0 aliphatic heterocycles. The second-order valence-corrected chi connectivity index (χ2v) is 6.58. The lowest BCUT2D eigenvalue weighted by Crippen LogP contribution is -2.25. The molecule has 1 amide bonds. The van der Waals surface area contributed by atoms with Crippen LogP contribution < -0.4 is 10.5 Å². The van der Waals surface area contributed by atoms with E-state index in [1.807, 2.05) is 6.26 Å². The van der Waals surface area contributed by atoms with Crippen molar-refractivity contribution in [1.82, 2.24) is 5.32 Å². The first-order valence-electron chi connectivity index (χ1n) is 5.81. The first-order valence-corrected chi connectivity index (χ1v) is 8.75. The van der Waals surface area contributed by atoms with Gasteiger partial charge in [0.1, 0.15) is 0 Å². The highest BCUT2D eigenvalue weighted by Gasteiger charge is 2.06. The van der Waals surface area contributed by atoms with E-state index in [0.717, 1.165) is 11.3 Å². The molecule has 0 radical (unpaired) electrons. The fraction of sp³-hybridized carbons (Fsp3) is 0.417. The molecular weight excluding hydrogens is 284 g/mol. The van der Waals surface area contributed by atoms with Gasteiger partial charge in [0.05, 0.1) is 4.90 Å². The van der Waals surface area contributed by atoms with Gasteiger partial charge in [0.15, 0.2) is 0 Å². The van der Waals surface area contributed by atoms with Gasteiger partial charge in [-0.2, -0.15) is 11.8 Å². The second-order valence-electron chi connectivity index (χ2n) is 4.03. The first-order chi connectivity index (χ1) is 8.93. The molecular formula is C12H18N2O3S2. The Morgan fingerprint density at radius 2 is 1.95 bits per heavy atom. The Morgan fingerprint density at radius 1 is 1.32 bits per heavy atom. The summed E-state index contributed by atoms with van der Waals surface area (Å²) in [5.74, 6) is 0.852. The Hall–Kier alpha value is -1.05. The number of sulfonamides is 1. The number of thioether (sulfide) groups is 1. The van der Waals surface area contributed by atoms with Crippen molar-refractivity contribution >= 4 is 27.7 Å². The SMILES string of the molecule is CSCCC(=O)NCCc1ccc(S(N)(=O)=O)cc1. The second kappa shape index (κ2) is 7.52. The quantitative estimate of drug-likeness (QED) is 0.777. The minimum Gasteiger partial charge on any atom is -0.356 e. The van der Waals surface area contributed by atoms with Crippen molar-refractivity contribution in [3.8, 4) is 0 Å². The first kappa shape index (κ1) is 16.0. The molecule has 0 aromatic heterocycles. The van der Waals surface area contributed by atoms with Gasteiger partial charge in [-0.25, -0.2) is 13.6 Å². The van der Waals surface area contributed by atoms with Crippen LogP contribution in [0.1, 0.15) is 12.0 Å². The maximum atomic E-state index is 11.4. The van der Waals surface area contributed by atoms with Crippen LogP contribution in [0.3, 0.4) is 0 Å². The Bertz CT molecular complexity index is 512. The van der Waals surface area contributed by atoms with Crippen molar-refractivity contribution in [2.75, 3.05) is 18.6 Å². The van der Waals surface area contributed by atoms with Crippen molar-refractivity contribution in [2.45, 2.75) is 17.7 Å². The Morgan fingerprint density at radius 3 is 2.47 bits per heavy atom. The van der Waals surface area contributed by atoms with Gasteiger partial charge in [-0.1, -0.05) is 12.1 Å². The van der Waals surface area contributed by atoms with Crippen LogP contribution >= 0.6 is 11.8 Å². The van der Waals surface area contributed by atoms with Crippen LogP contribution in [0.2, 0.25) is 0 Å². The predicted octanol–water partition coefficient (Wildman–Crippen LogP) is 0.746. The van der Waals surface area contributed by atoms with E-state index < -0.39 is 10.0 Å². The van der Waals surface area contributed by atoms with Crippen LogP contribution in [0.5, 0.6) is 0 Å². The lowest BCUT2D eigenvalue weighted by atomic mass is 10.1. The largest absolute Gasteiger partial charge is 0.356 e. The van der Waals surface area contributed by atoms with E-state index in [2.05, 4.69) is 5.32 Å². The fourth-order valence-corrected chi connectivity index (χ4v) is 2.38. The third kappa shape index (κ3) is 6.09. The summed E-state index contributed by atoms with van der Waals surface area (Å²) in [6.45, 7) is 0.544. The van der Waals surface area contributed by atoms with Crippen molar-refractivity contribution in [2.24, 2.45) is 5.14 Å². The predicted molar refractivity (Wildman–Crippen MR) is 77.5 cm³/mol. The van der Waals surface area contributed by atoms with Crippen LogP contribution in [0.15, 0.2) is 29.2 Å². The van der Waals surface area contributed by atoms with Gasteiger partial charge < -0.3 is 5.32 Å². The minimum atomic E-state index is -3.64. The van der Waals surface area contributed by atoms with Crippen LogP contribution in [-0.2, 0) is 21.2 Å². The van der Waals surface area contributed by atoms with Crippen molar-refractivity contribution in [3.63, 3.8) is 0 Å². The number of carbonyl (C=O) groups is 1. The van der Waals surface area contributed by atoms with Gasteiger partial charge in [0.25, 0.3) is 0 Å². The molecule has 0 saturated carbocycles. The molecule has 0 heterocycles. The van der Waals surface area contributed by atoms with Gasteiger partial charge in [0, 0.05) is 18.7 Å². The van der Waals surface area contributed by atoms with E-state index in [0.29, 0.717) is 19.4 Å². The van der Waals surface area contributed by atoms with Gasteiger partial charge in [-0.05, 0) is 30.4 Å². The van der Waals surface area contributed by atoms with Crippen molar-refractivity contribution < 1.29 is 13.2 Å². The smallest absolute Gasteiger partial charge is 0.238 e. The topological polar surface area (TPSA) is 89.3 Å². The normalized spacial score (nSPS) is 11.3. The molecule has 0 atom stereocenters. The van der Waals surface area contributed by atoms with Gasteiger partial charge in [-0.3, -0.25) is 4.79 Å². The van der Waals surface area contributed by atoms with Crippen LogP contribution in [-0.4, -0.2) is 32.9 Å². The zero-order chi connectivity index (χ0) is 14.3. The molecule has 1 aromatic carbocycles. The molecule has 3 N–H and O–H groups in total. The summed E-state index contributed by atoms with van der Waals surface area (Å²) >= 11 is 1.63. The zero-order valence-corrected chi connectivity index (χ0v) is 12.4. The summed E-state index contributed by atoms with van der Waals surface area (Å²) in [6.07, 6.45) is 3.14. The highest BCUT2D eigenvalue weighted by molar-refractivity contribution is 7.98. The number of primary sulfonamides is 1. The molecule has 0 spiro atoms. The molecule has 0 fully saturated rings. The van der Waals surface area contributed by atoms with E-state index in [1.54, 1.807) is 23.9 Å². The third-order valence-electron chi connectivity index (χ3n) is 2.52. The number of carbonyl (C=O) groups excluding carboxylic acids is 1. The van der Waals surface area contributed by atoms with Crippen LogP contribution in [0.25, 0.3) is 0 Å². The number of rotatable bonds is 7. The average Bonchev–Trinajstić information content (AvgIpc) is 2.36. The highest BCUT2D eigenvalue weighted by atomic mass is 32.2. The van der Waals surface area contributed by atoms with E-state index in [-0.39, 0.29) is 10.8 Å². The summed E-state index contributed by atoms with van der Waals surface area (Å²) in [4.78, 5) is 11.5. The molecule has 1 aromatic rings. The maximum absolute atomic E-state index is 11.4. The number of hydrogen-bond acceptors (Lipinski definition) is 4. The van der Waals surface area contributed by atoms with Crippen molar-refractivity contribution in [3.05, 3.63) is 29.8 Å². The molecule has 0 saturated heterocycles. The number of benzene rings is 1. The van der Waals surface area contributed by atoms with Gasteiger partial charge >= 0.3 is 0 Å². The number of hydrogen-bond donors (Lipinski definition) is 2. The zero-order valence-electron chi connectivity index (χ0n) is 10.8.